The highest BCUT2D eigenvalue weighted by Crippen LogP contribution is 2.28. The Balaban J connectivity index is 3.61. The summed E-state index contributed by atoms with van der Waals surface area (Å²) in [7, 11) is 0. The maximum atomic E-state index is 2.44. The Bertz CT molecular complexity index is 126. The Morgan fingerprint density at radius 2 is 1.40 bits per heavy atom. The molecule has 0 nitrogen and oxygen atoms in total. The summed E-state index contributed by atoms with van der Waals surface area (Å²) < 4.78 is 0. The second-order valence-corrected chi connectivity index (χ2v) is 5.47. The first-order valence-electron chi connectivity index (χ1n) is 7.13. The fraction of sp³-hybridized carbons (Fsp3) is 1.00. The van der Waals surface area contributed by atoms with Gasteiger partial charge in [0.15, 0.2) is 0 Å². The molecule has 0 spiro atoms. The van der Waals surface area contributed by atoms with E-state index in [1.165, 1.54) is 44.9 Å². The zero-order valence-corrected chi connectivity index (χ0v) is 11.7. The van der Waals surface area contributed by atoms with Gasteiger partial charge in [-0.1, -0.05) is 79.6 Å². The monoisotopic (exact) mass is 212 g/mol. The summed E-state index contributed by atoms with van der Waals surface area (Å²) in [6.07, 6.45) is 9.97. The van der Waals surface area contributed by atoms with E-state index in [4.69, 9.17) is 0 Å². The van der Waals surface area contributed by atoms with Gasteiger partial charge in [0.25, 0.3) is 0 Å². The fourth-order valence-corrected chi connectivity index (χ4v) is 2.39. The van der Waals surface area contributed by atoms with Gasteiger partial charge in [-0.05, 0) is 17.8 Å². The minimum atomic E-state index is 0.852. The summed E-state index contributed by atoms with van der Waals surface area (Å²) in [5.41, 5.74) is 0. The average molecular weight is 212 g/mol. The first kappa shape index (κ1) is 15.0. The lowest BCUT2D eigenvalue weighted by atomic mass is 9.80. The van der Waals surface area contributed by atoms with Gasteiger partial charge in [-0.3, -0.25) is 0 Å². The Hall–Kier alpha value is 0. The predicted octanol–water partition coefficient (Wildman–Crippen LogP) is 5.67. The van der Waals surface area contributed by atoms with Crippen molar-refractivity contribution in [3.05, 3.63) is 0 Å². The molecule has 0 aromatic carbocycles. The highest BCUT2D eigenvalue weighted by molar-refractivity contribution is 4.68. The molecule has 0 heteroatoms. The van der Waals surface area contributed by atoms with Crippen molar-refractivity contribution in [2.45, 2.75) is 79.6 Å². The average Bonchev–Trinajstić information content (AvgIpc) is 2.22. The SMILES string of the molecule is CCCCCCCC(CC)C(C)C(C)C. The van der Waals surface area contributed by atoms with Crippen LogP contribution in [0.5, 0.6) is 0 Å². The van der Waals surface area contributed by atoms with E-state index < -0.39 is 0 Å². The number of unbranched alkanes of at least 4 members (excludes halogenated alkanes) is 4. The minimum Gasteiger partial charge on any atom is -0.0654 e. The molecule has 2 unspecified atom stereocenters. The standard InChI is InChI=1S/C15H32/c1-6-8-9-10-11-12-15(7-2)14(5)13(3)4/h13-15H,6-12H2,1-5H3. The van der Waals surface area contributed by atoms with Crippen molar-refractivity contribution >= 4 is 0 Å². The van der Waals surface area contributed by atoms with E-state index in [-0.39, 0.29) is 0 Å². The lowest BCUT2D eigenvalue weighted by molar-refractivity contribution is 0.248. The van der Waals surface area contributed by atoms with E-state index in [0.29, 0.717) is 0 Å². The van der Waals surface area contributed by atoms with Crippen molar-refractivity contribution in [3.63, 3.8) is 0 Å². The normalized spacial score (nSPS) is 15.6. The smallest absolute Gasteiger partial charge is 0.0389 e. The molecule has 0 radical (unpaired) electrons. The van der Waals surface area contributed by atoms with Crippen LogP contribution >= 0.6 is 0 Å². The summed E-state index contributed by atoms with van der Waals surface area (Å²) in [5, 5.41) is 0. The van der Waals surface area contributed by atoms with Crippen LogP contribution in [0.3, 0.4) is 0 Å². The topological polar surface area (TPSA) is 0 Å². The van der Waals surface area contributed by atoms with Gasteiger partial charge in [0.2, 0.25) is 0 Å². The van der Waals surface area contributed by atoms with Crippen LogP contribution < -0.4 is 0 Å². The molecule has 0 fully saturated rings. The van der Waals surface area contributed by atoms with Gasteiger partial charge in [0.05, 0.1) is 0 Å². The number of hydrogen-bond acceptors (Lipinski definition) is 0. The number of rotatable bonds is 9. The van der Waals surface area contributed by atoms with E-state index in [0.717, 1.165) is 17.8 Å². The maximum absolute atomic E-state index is 2.44. The Morgan fingerprint density at radius 1 is 0.800 bits per heavy atom. The largest absolute Gasteiger partial charge is 0.0654 e. The molecule has 0 heterocycles. The zero-order valence-electron chi connectivity index (χ0n) is 11.7. The second-order valence-electron chi connectivity index (χ2n) is 5.47. The molecule has 0 aromatic heterocycles. The molecule has 0 saturated carbocycles. The van der Waals surface area contributed by atoms with Crippen molar-refractivity contribution in [1.82, 2.24) is 0 Å². The van der Waals surface area contributed by atoms with Gasteiger partial charge in [0, 0.05) is 0 Å². The lowest BCUT2D eigenvalue weighted by Gasteiger charge is -2.26. The molecule has 92 valence electrons. The van der Waals surface area contributed by atoms with Crippen LogP contribution in [-0.4, -0.2) is 0 Å². The Labute approximate surface area is 97.8 Å². The quantitative estimate of drug-likeness (QED) is 0.432. The van der Waals surface area contributed by atoms with E-state index in [2.05, 4.69) is 34.6 Å². The third kappa shape index (κ3) is 6.98. The van der Waals surface area contributed by atoms with Gasteiger partial charge >= 0.3 is 0 Å². The fourth-order valence-electron chi connectivity index (χ4n) is 2.39. The summed E-state index contributed by atoms with van der Waals surface area (Å²) >= 11 is 0. The third-order valence-corrected chi connectivity index (χ3v) is 4.00. The Morgan fingerprint density at radius 3 is 1.87 bits per heavy atom. The lowest BCUT2D eigenvalue weighted by Crippen LogP contribution is -2.16. The number of hydrogen-bond donors (Lipinski definition) is 0. The molecule has 15 heavy (non-hydrogen) atoms. The van der Waals surface area contributed by atoms with Gasteiger partial charge in [0.1, 0.15) is 0 Å². The first-order chi connectivity index (χ1) is 7.13. The Kier molecular flexibility index (Phi) is 9.24. The summed E-state index contributed by atoms with van der Waals surface area (Å²) in [6.45, 7) is 11.8. The van der Waals surface area contributed by atoms with Crippen LogP contribution in [0.1, 0.15) is 79.6 Å². The molecule has 0 aromatic rings. The molecule has 0 aliphatic carbocycles. The molecule has 0 aliphatic heterocycles. The van der Waals surface area contributed by atoms with Crippen LogP contribution in [0.4, 0.5) is 0 Å². The van der Waals surface area contributed by atoms with Crippen molar-refractivity contribution in [2.24, 2.45) is 17.8 Å². The second kappa shape index (κ2) is 9.24. The molecule has 2 atom stereocenters. The van der Waals surface area contributed by atoms with Crippen LogP contribution in [0.15, 0.2) is 0 Å². The molecule has 0 rings (SSSR count). The van der Waals surface area contributed by atoms with Crippen LogP contribution in [0.25, 0.3) is 0 Å². The van der Waals surface area contributed by atoms with Crippen LogP contribution in [0, 0.1) is 17.8 Å². The molecular formula is C15H32. The van der Waals surface area contributed by atoms with Gasteiger partial charge < -0.3 is 0 Å². The molecule has 0 amide bonds. The van der Waals surface area contributed by atoms with Crippen molar-refractivity contribution in [1.29, 1.82) is 0 Å². The molecule has 0 bridgehead atoms. The molecule has 0 saturated heterocycles. The molecule has 0 aliphatic rings. The highest BCUT2D eigenvalue weighted by atomic mass is 14.2. The summed E-state index contributed by atoms with van der Waals surface area (Å²) in [6, 6.07) is 0. The zero-order chi connectivity index (χ0) is 11.7. The van der Waals surface area contributed by atoms with Crippen molar-refractivity contribution < 1.29 is 0 Å². The molecule has 0 N–H and O–H groups in total. The summed E-state index contributed by atoms with van der Waals surface area (Å²) in [5.74, 6) is 2.72. The van der Waals surface area contributed by atoms with E-state index in [1.807, 2.05) is 0 Å². The van der Waals surface area contributed by atoms with E-state index >= 15 is 0 Å². The molecular weight excluding hydrogens is 180 g/mol. The van der Waals surface area contributed by atoms with Crippen LogP contribution in [0.2, 0.25) is 0 Å². The van der Waals surface area contributed by atoms with Crippen molar-refractivity contribution in [2.75, 3.05) is 0 Å². The van der Waals surface area contributed by atoms with E-state index in [9.17, 15) is 0 Å². The van der Waals surface area contributed by atoms with Gasteiger partial charge in [-0.2, -0.15) is 0 Å². The van der Waals surface area contributed by atoms with Crippen molar-refractivity contribution in [3.8, 4) is 0 Å². The highest BCUT2D eigenvalue weighted by Gasteiger charge is 2.17. The maximum Gasteiger partial charge on any atom is -0.0389 e. The van der Waals surface area contributed by atoms with Gasteiger partial charge in [-0.25, -0.2) is 0 Å². The van der Waals surface area contributed by atoms with Crippen LogP contribution in [-0.2, 0) is 0 Å². The van der Waals surface area contributed by atoms with Gasteiger partial charge in [-0.15, -0.1) is 0 Å². The minimum absolute atomic E-state index is 0.852. The third-order valence-electron chi connectivity index (χ3n) is 4.00. The predicted molar refractivity (Wildman–Crippen MR) is 71.2 cm³/mol. The first-order valence-corrected chi connectivity index (χ1v) is 7.13. The summed E-state index contributed by atoms with van der Waals surface area (Å²) in [4.78, 5) is 0. The van der Waals surface area contributed by atoms with E-state index in [1.54, 1.807) is 0 Å².